The molecule has 158 valence electrons. The molecule has 3 aromatic rings. The number of amides is 1. The van der Waals surface area contributed by atoms with Crippen molar-refractivity contribution in [3.63, 3.8) is 0 Å². The topological polar surface area (TPSA) is 59.8 Å². The number of carbonyl (C=O) groups is 1. The largest absolute Gasteiger partial charge is 0.325 e. The van der Waals surface area contributed by atoms with Crippen LogP contribution in [0.1, 0.15) is 22.5 Å². The molecule has 0 saturated carbocycles. The highest BCUT2D eigenvalue weighted by Crippen LogP contribution is 2.26. The number of thioether (sulfide) groups is 2. The van der Waals surface area contributed by atoms with E-state index in [1.165, 1.54) is 11.8 Å². The van der Waals surface area contributed by atoms with E-state index in [1.807, 2.05) is 49.7 Å². The van der Waals surface area contributed by atoms with Crippen molar-refractivity contribution in [3.05, 3.63) is 69.0 Å². The molecule has 0 spiro atoms. The molecule has 0 saturated heterocycles. The van der Waals surface area contributed by atoms with E-state index in [1.54, 1.807) is 17.8 Å². The average Bonchev–Trinajstić information content (AvgIpc) is 3.01. The van der Waals surface area contributed by atoms with Gasteiger partial charge < -0.3 is 9.88 Å². The number of halogens is 2. The molecule has 9 heteroatoms. The van der Waals surface area contributed by atoms with Crippen LogP contribution in [0.4, 0.5) is 5.69 Å². The van der Waals surface area contributed by atoms with Gasteiger partial charge in [-0.05, 0) is 54.8 Å². The lowest BCUT2D eigenvalue weighted by atomic mass is 10.1. The lowest BCUT2D eigenvalue weighted by Crippen LogP contribution is -2.14. The fraction of sp³-hybridized carbons (Fsp3) is 0.286. The highest BCUT2D eigenvalue weighted by molar-refractivity contribution is 7.99. The average molecular weight is 481 g/mol. The first-order valence-corrected chi connectivity index (χ1v) is 12.1. The van der Waals surface area contributed by atoms with E-state index < -0.39 is 0 Å². The maximum Gasteiger partial charge on any atom is 0.234 e. The predicted octanol–water partition coefficient (Wildman–Crippen LogP) is 5.90. The molecule has 0 bridgehead atoms. The standard InChI is InChI=1S/C21H22Cl2N4OS2/c1-13-6-14(2)8-17(7-13)24-20(28)12-30-21-26-25-19(27(21)3)11-29-10-15-4-5-16(22)9-18(15)23/h4-9H,10-12H2,1-3H3,(H,24,28). The number of hydrogen-bond acceptors (Lipinski definition) is 5. The molecule has 1 N–H and O–H groups in total. The quantitative estimate of drug-likeness (QED) is 0.406. The van der Waals surface area contributed by atoms with E-state index in [-0.39, 0.29) is 11.7 Å². The monoisotopic (exact) mass is 480 g/mol. The molecule has 0 aliphatic heterocycles. The number of anilines is 1. The summed E-state index contributed by atoms with van der Waals surface area (Å²) in [5.74, 6) is 2.50. The molecular formula is C21H22Cl2N4OS2. The lowest BCUT2D eigenvalue weighted by Gasteiger charge is -2.08. The lowest BCUT2D eigenvalue weighted by molar-refractivity contribution is -0.113. The third kappa shape index (κ3) is 6.41. The Kier molecular flexibility index (Phi) is 8.11. The Morgan fingerprint density at radius 2 is 1.80 bits per heavy atom. The van der Waals surface area contributed by atoms with E-state index in [0.29, 0.717) is 21.0 Å². The summed E-state index contributed by atoms with van der Waals surface area (Å²) < 4.78 is 1.92. The van der Waals surface area contributed by atoms with Gasteiger partial charge in [-0.1, -0.05) is 47.1 Å². The number of aryl methyl sites for hydroxylation is 2. The summed E-state index contributed by atoms with van der Waals surface area (Å²) >= 11 is 15.2. The zero-order valence-electron chi connectivity index (χ0n) is 16.9. The van der Waals surface area contributed by atoms with Crippen LogP contribution in [0.15, 0.2) is 41.6 Å². The number of aromatic nitrogens is 3. The van der Waals surface area contributed by atoms with E-state index in [2.05, 4.69) is 21.6 Å². The Morgan fingerprint density at radius 3 is 2.50 bits per heavy atom. The molecule has 1 amide bonds. The maximum atomic E-state index is 12.3. The van der Waals surface area contributed by atoms with Gasteiger partial charge in [-0.25, -0.2) is 0 Å². The van der Waals surface area contributed by atoms with Gasteiger partial charge in [0.15, 0.2) is 5.16 Å². The van der Waals surface area contributed by atoms with E-state index in [9.17, 15) is 4.79 Å². The maximum absolute atomic E-state index is 12.3. The first-order chi connectivity index (χ1) is 14.3. The summed E-state index contributed by atoms with van der Waals surface area (Å²) in [6.07, 6.45) is 0. The number of hydrogen-bond donors (Lipinski definition) is 1. The van der Waals surface area contributed by atoms with Crippen LogP contribution in [0.2, 0.25) is 10.0 Å². The molecule has 0 unspecified atom stereocenters. The van der Waals surface area contributed by atoms with Crippen molar-refractivity contribution in [1.82, 2.24) is 14.8 Å². The molecule has 1 heterocycles. The first-order valence-electron chi connectivity index (χ1n) is 9.22. The second-order valence-electron chi connectivity index (χ2n) is 6.90. The number of rotatable bonds is 8. The molecule has 0 atom stereocenters. The second-order valence-corrected chi connectivity index (χ2v) is 9.67. The molecule has 0 aliphatic carbocycles. The van der Waals surface area contributed by atoms with Crippen molar-refractivity contribution in [1.29, 1.82) is 0 Å². The van der Waals surface area contributed by atoms with Gasteiger partial charge in [-0.2, -0.15) is 0 Å². The third-order valence-corrected chi connectivity index (χ3v) is 6.85. The zero-order valence-corrected chi connectivity index (χ0v) is 20.1. The molecule has 30 heavy (non-hydrogen) atoms. The number of benzene rings is 2. The molecule has 2 aromatic carbocycles. The molecule has 5 nitrogen and oxygen atoms in total. The Labute approximate surface area is 194 Å². The Hall–Kier alpha value is -1.67. The van der Waals surface area contributed by atoms with E-state index in [4.69, 9.17) is 23.2 Å². The van der Waals surface area contributed by atoms with Crippen molar-refractivity contribution >= 4 is 58.3 Å². The minimum atomic E-state index is -0.0682. The van der Waals surface area contributed by atoms with Gasteiger partial charge in [0.2, 0.25) is 5.91 Å². The minimum absolute atomic E-state index is 0.0682. The summed E-state index contributed by atoms with van der Waals surface area (Å²) in [6.45, 7) is 4.02. The smallest absolute Gasteiger partial charge is 0.234 e. The number of carbonyl (C=O) groups excluding carboxylic acids is 1. The molecule has 0 radical (unpaired) electrons. The van der Waals surface area contributed by atoms with Crippen molar-refractivity contribution < 1.29 is 4.79 Å². The summed E-state index contributed by atoms with van der Waals surface area (Å²) in [6, 6.07) is 11.5. The highest BCUT2D eigenvalue weighted by Gasteiger charge is 2.12. The fourth-order valence-electron chi connectivity index (χ4n) is 2.86. The van der Waals surface area contributed by atoms with Gasteiger partial charge in [0.1, 0.15) is 5.82 Å². The second kappa shape index (κ2) is 10.6. The van der Waals surface area contributed by atoms with Crippen molar-refractivity contribution in [2.24, 2.45) is 7.05 Å². The first kappa shape index (κ1) is 23.0. The van der Waals surface area contributed by atoms with Gasteiger partial charge in [0.25, 0.3) is 0 Å². The number of nitrogens with zero attached hydrogens (tertiary/aromatic N) is 3. The number of nitrogens with one attached hydrogen (secondary N) is 1. The van der Waals surface area contributed by atoms with Crippen LogP contribution in [-0.4, -0.2) is 26.4 Å². The van der Waals surface area contributed by atoms with Crippen LogP contribution in [-0.2, 0) is 23.3 Å². The summed E-state index contributed by atoms with van der Waals surface area (Å²) in [5.41, 5.74) is 4.08. The molecule has 3 rings (SSSR count). The Bertz CT molecular complexity index is 1040. The zero-order chi connectivity index (χ0) is 21.7. The predicted molar refractivity (Wildman–Crippen MR) is 128 cm³/mol. The summed E-state index contributed by atoms with van der Waals surface area (Å²) in [5, 5.41) is 13.4. The minimum Gasteiger partial charge on any atom is -0.325 e. The third-order valence-electron chi connectivity index (χ3n) is 4.27. The SMILES string of the molecule is Cc1cc(C)cc(NC(=O)CSc2nnc(CSCc3ccc(Cl)cc3Cl)n2C)c1. The van der Waals surface area contributed by atoms with Crippen molar-refractivity contribution in [2.45, 2.75) is 30.5 Å². The van der Waals surface area contributed by atoms with Gasteiger partial charge >= 0.3 is 0 Å². The van der Waals surface area contributed by atoms with Crippen LogP contribution in [0.3, 0.4) is 0 Å². The Balaban J connectivity index is 1.50. The van der Waals surface area contributed by atoms with Crippen molar-refractivity contribution in [3.8, 4) is 0 Å². The fourth-order valence-corrected chi connectivity index (χ4v) is 5.15. The Morgan fingerprint density at radius 1 is 1.07 bits per heavy atom. The normalized spacial score (nSPS) is 11.0. The van der Waals surface area contributed by atoms with E-state index >= 15 is 0 Å². The van der Waals surface area contributed by atoms with Crippen LogP contribution in [0, 0.1) is 13.8 Å². The van der Waals surface area contributed by atoms with Gasteiger partial charge in [0.05, 0.1) is 11.5 Å². The van der Waals surface area contributed by atoms with Gasteiger partial charge in [-0.3, -0.25) is 4.79 Å². The van der Waals surface area contributed by atoms with Crippen LogP contribution in [0.5, 0.6) is 0 Å². The van der Waals surface area contributed by atoms with Crippen molar-refractivity contribution in [2.75, 3.05) is 11.1 Å². The highest BCUT2D eigenvalue weighted by atomic mass is 35.5. The molecule has 0 fully saturated rings. The summed E-state index contributed by atoms with van der Waals surface area (Å²) in [7, 11) is 1.91. The van der Waals surface area contributed by atoms with Gasteiger partial charge in [0, 0.05) is 28.5 Å². The molecule has 1 aromatic heterocycles. The van der Waals surface area contributed by atoms with Crippen LogP contribution in [0.25, 0.3) is 0 Å². The van der Waals surface area contributed by atoms with Crippen LogP contribution >= 0.6 is 46.7 Å². The van der Waals surface area contributed by atoms with Crippen LogP contribution < -0.4 is 5.32 Å². The molecular weight excluding hydrogens is 459 g/mol. The molecule has 0 aliphatic rings. The van der Waals surface area contributed by atoms with Gasteiger partial charge in [-0.15, -0.1) is 22.0 Å². The van der Waals surface area contributed by atoms with E-state index in [0.717, 1.165) is 34.0 Å². The summed E-state index contributed by atoms with van der Waals surface area (Å²) in [4.78, 5) is 12.3.